The van der Waals surface area contributed by atoms with Gasteiger partial charge in [-0.2, -0.15) is 0 Å². The molecule has 0 aliphatic carbocycles. The van der Waals surface area contributed by atoms with Gasteiger partial charge in [-0.3, -0.25) is 0 Å². The van der Waals surface area contributed by atoms with E-state index in [2.05, 4.69) is 11.1 Å². The third kappa shape index (κ3) is 3.77. The number of halogens is 3. The van der Waals surface area contributed by atoms with Crippen molar-refractivity contribution in [3.05, 3.63) is 57.3 Å². The lowest BCUT2D eigenvalue weighted by molar-refractivity contribution is 0.306. The molecule has 1 aromatic heterocycles. The number of ether oxygens (including phenoxy) is 1. The summed E-state index contributed by atoms with van der Waals surface area (Å²) in [5, 5.41) is 1.26. The van der Waals surface area contributed by atoms with E-state index in [-0.39, 0.29) is 0 Å². The van der Waals surface area contributed by atoms with E-state index in [1.165, 1.54) is 0 Å². The molecule has 17 heavy (non-hydrogen) atoms. The summed E-state index contributed by atoms with van der Waals surface area (Å²) in [6.07, 6.45) is 0. The van der Waals surface area contributed by atoms with Crippen LogP contribution in [0, 0.1) is 6.07 Å². The van der Waals surface area contributed by atoms with Gasteiger partial charge in [0.25, 0.3) is 0 Å². The molecule has 0 unspecified atom stereocenters. The smallest absolute Gasteiger partial charge is 0.131 e. The van der Waals surface area contributed by atoms with E-state index >= 15 is 0 Å². The summed E-state index contributed by atoms with van der Waals surface area (Å²) < 4.78 is 5.52. The summed E-state index contributed by atoms with van der Waals surface area (Å²) in [7, 11) is 0. The topological polar surface area (TPSA) is 22.1 Å². The molecule has 0 saturated carbocycles. The number of rotatable bonds is 3. The number of pyridine rings is 1. The van der Waals surface area contributed by atoms with Crippen LogP contribution in [-0.2, 0) is 6.61 Å². The molecule has 0 fully saturated rings. The van der Waals surface area contributed by atoms with E-state index in [0.29, 0.717) is 27.7 Å². The fourth-order valence-electron chi connectivity index (χ4n) is 1.27. The summed E-state index contributed by atoms with van der Waals surface area (Å²) in [5.74, 6) is 0.640. The standard InChI is InChI=1S/C12H7Cl3NO/c13-9-2-1-3-10(6-9)17-7-8-4-11(14)16-12(15)5-8/h2-6H,7H2. The first-order chi connectivity index (χ1) is 8.13. The van der Waals surface area contributed by atoms with Gasteiger partial charge in [-0.1, -0.05) is 34.8 Å². The van der Waals surface area contributed by atoms with Crippen LogP contribution in [-0.4, -0.2) is 4.98 Å². The highest BCUT2D eigenvalue weighted by molar-refractivity contribution is 6.32. The van der Waals surface area contributed by atoms with Crippen molar-refractivity contribution in [2.45, 2.75) is 6.61 Å². The van der Waals surface area contributed by atoms with Gasteiger partial charge in [0.05, 0.1) is 0 Å². The molecule has 0 bridgehead atoms. The number of hydrogen-bond donors (Lipinski definition) is 0. The summed E-state index contributed by atoms with van der Waals surface area (Å²) in [5.41, 5.74) is 0.843. The first-order valence-corrected chi connectivity index (χ1v) is 5.88. The quantitative estimate of drug-likeness (QED) is 0.780. The maximum absolute atomic E-state index is 5.81. The maximum Gasteiger partial charge on any atom is 0.131 e. The zero-order valence-corrected chi connectivity index (χ0v) is 10.9. The molecule has 5 heteroatoms. The Morgan fingerprint density at radius 2 is 1.76 bits per heavy atom. The predicted octanol–water partition coefficient (Wildman–Crippen LogP) is 4.42. The van der Waals surface area contributed by atoms with Crippen molar-refractivity contribution in [1.82, 2.24) is 4.98 Å². The largest absolute Gasteiger partial charge is 0.489 e. The average molecular weight is 288 g/mol. The second kappa shape index (κ2) is 5.58. The minimum atomic E-state index is 0.341. The van der Waals surface area contributed by atoms with Crippen LogP contribution in [0.5, 0.6) is 5.75 Å². The summed E-state index contributed by atoms with van der Waals surface area (Å²) in [6, 6.07) is 11.3. The van der Waals surface area contributed by atoms with E-state index in [1.807, 2.05) is 0 Å². The Labute approximate surface area is 114 Å². The molecule has 0 amide bonds. The van der Waals surface area contributed by atoms with Crippen molar-refractivity contribution in [2.24, 2.45) is 0 Å². The summed E-state index contributed by atoms with van der Waals surface area (Å²) in [6.45, 7) is 0.343. The van der Waals surface area contributed by atoms with Crippen molar-refractivity contribution in [3.8, 4) is 5.75 Å². The van der Waals surface area contributed by atoms with E-state index in [0.717, 1.165) is 5.56 Å². The van der Waals surface area contributed by atoms with Gasteiger partial charge in [0.15, 0.2) is 0 Å². The van der Waals surface area contributed by atoms with Crippen LogP contribution in [0.1, 0.15) is 5.56 Å². The van der Waals surface area contributed by atoms with Gasteiger partial charge in [-0.05, 0) is 42.0 Å². The lowest BCUT2D eigenvalue weighted by Gasteiger charge is -2.06. The van der Waals surface area contributed by atoms with Gasteiger partial charge in [0.2, 0.25) is 0 Å². The highest BCUT2D eigenvalue weighted by Crippen LogP contribution is 2.20. The monoisotopic (exact) mass is 286 g/mol. The Bertz CT molecular complexity index is 511. The minimum absolute atomic E-state index is 0.341. The fraction of sp³-hybridized carbons (Fsp3) is 0.0833. The molecule has 2 nitrogen and oxygen atoms in total. The third-order valence-electron chi connectivity index (χ3n) is 1.96. The normalized spacial score (nSPS) is 10.3. The first-order valence-electron chi connectivity index (χ1n) is 4.75. The molecule has 0 aliphatic heterocycles. The average Bonchev–Trinajstić information content (AvgIpc) is 2.25. The van der Waals surface area contributed by atoms with Crippen molar-refractivity contribution in [3.63, 3.8) is 0 Å². The predicted molar refractivity (Wildman–Crippen MR) is 68.9 cm³/mol. The van der Waals surface area contributed by atoms with Gasteiger partial charge in [-0.15, -0.1) is 0 Å². The Balaban J connectivity index is 2.07. The Morgan fingerprint density at radius 3 is 2.41 bits per heavy atom. The van der Waals surface area contributed by atoms with Gasteiger partial charge in [0.1, 0.15) is 22.7 Å². The molecule has 87 valence electrons. The number of nitrogens with zero attached hydrogens (tertiary/aromatic N) is 1. The molecule has 0 N–H and O–H groups in total. The Hall–Kier alpha value is -0.960. The molecule has 1 aromatic carbocycles. The van der Waals surface area contributed by atoms with Crippen LogP contribution in [0.4, 0.5) is 0 Å². The number of hydrogen-bond acceptors (Lipinski definition) is 2. The Kier molecular flexibility index (Phi) is 4.11. The second-order valence-electron chi connectivity index (χ2n) is 3.30. The molecular weight excluding hydrogens is 280 g/mol. The zero-order chi connectivity index (χ0) is 12.3. The minimum Gasteiger partial charge on any atom is -0.489 e. The SMILES string of the molecule is Clc1c[c]cc(OCc2cc(Cl)nc(Cl)c2)c1. The lowest BCUT2D eigenvalue weighted by Crippen LogP contribution is -1.96. The Morgan fingerprint density at radius 1 is 1.06 bits per heavy atom. The second-order valence-corrected chi connectivity index (χ2v) is 4.51. The molecule has 2 rings (SSSR count). The van der Waals surface area contributed by atoms with Crippen molar-refractivity contribution in [1.29, 1.82) is 0 Å². The van der Waals surface area contributed by atoms with Crippen LogP contribution in [0.15, 0.2) is 30.3 Å². The number of benzene rings is 1. The first kappa shape index (κ1) is 12.5. The molecule has 1 radical (unpaired) electrons. The highest BCUT2D eigenvalue weighted by Gasteiger charge is 2.01. The summed E-state index contributed by atoms with van der Waals surface area (Å²) in [4.78, 5) is 3.85. The van der Waals surface area contributed by atoms with Gasteiger partial charge in [0, 0.05) is 5.02 Å². The van der Waals surface area contributed by atoms with E-state index in [9.17, 15) is 0 Å². The van der Waals surface area contributed by atoms with Crippen molar-refractivity contribution < 1.29 is 4.74 Å². The van der Waals surface area contributed by atoms with Crippen LogP contribution >= 0.6 is 34.8 Å². The van der Waals surface area contributed by atoms with Gasteiger partial charge in [-0.25, -0.2) is 4.98 Å². The third-order valence-corrected chi connectivity index (χ3v) is 2.56. The lowest BCUT2D eigenvalue weighted by atomic mass is 10.3. The highest BCUT2D eigenvalue weighted by atomic mass is 35.5. The fourth-order valence-corrected chi connectivity index (χ4v) is 1.95. The van der Waals surface area contributed by atoms with E-state index < -0.39 is 0 Å². The van der Waals surface area contributed by atoms with Crippen LogP contribution in [0.25, 0.3) is 0 Å². The molecule has 0 atom stereocenters. The summed E-state index contributed by atoms with van der Waals surface area (Å²) >= 11 is 17.4. The van der Waals surface area contributed by atoms with Crippen LogP contribution < -0.4 is 4.74 Å². The van der Waals surface area contributed by atoms with Gasteiger partial charge < -0.3 is 4.74 Å². The molecular formula is C12H7Cl3NO. The molecule has 2 aromatic rings. The van der Waals surface area contributed by atoms with Crippen molar-refractivity contribution in [2.75, 3.05) is 0 Å². The maximum atomic E-state index is 5.81. The number of aromatic nitrogens is 1. The van der Waals surface area contributed by atoms with Gasteiger partial charge >= 0.3 is 0 Å². The van der Waals surface area contributed by atoms with E-state index in [4.69, 9.17) is 39.5 Å². The van der Waals surface area contributed by atoms with E-state index in [1.54, 1.807) is 30.3 Å². The molecule has 1 heterocycles. The van der Waals surface area contributed by atoms with Crippen LogP contribution in [0.3, 0.4) is 0 Å². The molecule has 0 aliphatic rings. The van der Waals surface area contributed by atoms with Crippen molar-refractivity contribution >= 4 is 34.8 Å². The van der Waals surface area contributed by atoms with Crippen LogP contribution in [0.2, 0.25) is 15.3 Å². The zero-order valence-electron chi connectivity index (χ0n) is 8.58. The molecule has 0 spiro atoms. The molecule has 0 saturated heterocycles.